The molecular weight excluding hydrogens is 713 g/mol. The molecule has 0 spiro atoms. The fourth-order valence-corrected chi connectivity index (χ4v) is 4.81. The number of hydrogen-bond donors (Lipinski definition) is 10. The number of amides is 6. The fraction of sp³-hybridized carbons (Fsp3) is 0.548. The Morgan fingerprint density at radius 3 is 2.06 bits per heavy atom. The van der Waals surface area contributed by atoms with Gasteiger partial charge in [-0.05, 0) is 45.1 Å². The van der Waals surface area contributed by atoms with E-state index in [9.17, 15) is 47.0 Å². The minimum atomic E-state index is -5.08. The molecule has 0 aromatic heterocycles. The topological polar surface area (TPSA) is 328 Å². The first-order valence-electron chi connectivity index (χ1n) is 16.3. The molecule has 1 aliphatic heterocycles. The van der Waals surface area contributed by atoms with Gasteiger partial charge in [0.15, 0.2) is 5.96 Å². The van der Waals surface area contributed by atoms with Crippen LogP contribution in [0.2, 0.25) is 0 Å². The third-order valence-corrected chi connectivity index (χ3v) is 7.59. The summed E-state index contributed by atoms with van der Waals surface area (Å²) in [5.74, 6) is -6.89. The Labute approximate surface area is 302 Å². The van der Waals surface area contributed by atoms with Crippen molar-refractivity contribution in [1.29, 1.82) is 0 Å². The number of alkyl halides is 3. The fourth-order valence-electron chi connectivity index (χ4n) is 4.81. The van der Waals surface area contributed by atoms with Crippen LogP contribution in [0.5, 0.6) is 0 Å². The van der Waals surface area contributed by atoms with Crippen molar-refractivity contribution in [1.82, 2.24) is 26.2 Å². The van der Waals surface area contributed by atoms with E-state index < -0.39 is 90.4 Å². The van der Waals surface area contributed by atoms with Crippen LogP contribution in [-0.2, 0) is 40.0 Å². The zero-order chi connectivity index (χ0) is 40.5. The van der Waals surface area contributed by atoms with E-state index in [1.54, 1.807) is 30.3 Å². The number of aliphatic hydroxyl groups is 1. The third kappa shape index (κ3) is 16.6. The minimum absolute atomic E-state index is 0.0508. The molecular formula is C31H47F3N10O9. The summed E-state index contributed by atoms with van der Waals surface area (Å²) < 4.78 is 31.7. The van der Waals surface area contributed by atoms with Crippen LogP contribution in [0.3, 0.4) is 0 Å². The number of rotatable bonds is 17. The number of primary amides is 1. The highest BCUT2D eigenvalue weighted by atomic mass is 19.4. The molecule has 0 aliphatic carbocycles. The van der Waals surface area contributed by atoms with Gasteiger partial charge in [0.05, 0.1) is 12.6 Å². The van der Waals surface area contributed by atoms with Crippen molar-refractivity contribution in [3.63, 3.8) is 0 Å². The predicted octanol–water partition coefficient (Wildman–Crippen LogP) is -3.31. The number of nitrogens with zero attached hydrogens (tertiary/aromatic N) is 2. The van der Waals surface area contributed by atoms with Crippen LogP contribution in [-0.4, -0.2) is 125 Å². The smallest absolute Gasteiger partial charge is 0.475 e. The maximum Gasteiger partial charge on any atom is 0.490 e. The number of carboxylic acid groups (broad SMARTS) is 1. The van der Waals surface area contributed by atoms with E-state index >= 15 is 0 Å². The number of halogens is 3. The van der Waals surface area contributed by atoms with Crippen molar-refractivity contribution in [2.75, 3.05) is 19.6 Å². The van der Waals surface area contributed by atoms with Gasteiger partial charge < -0.3 is 59.3 Å². The van der Waals surface area contributed by atoms with Crippen molar-refractivity contribution in [3.8, 4) is 0 Å². The number of carbonyl (C=O) groups is 7. The van der Waals surface area contributed by atoms with E-state index in [0.717, 1.165) is 0 Å². The number of nitrogens with one attached hydrogen (secondary N) is 4. The summed E-state index contributed by atoms with van der Waals surface area (Å²) in [6, 6.07) is 3.43. The average Bonchev–Trinajstić information content (AvgIpc) is 3.58. The van der Waals surface area contributed by atoms with Gasteiger partial charge in [0.25, 0.3) is 0 Å². The Hall–Kier alpha value is -5.51. The van der Waals surface area contributed by atoms with E-state index in [0.29, 0.717) is 24.9 Å². The standard InChI is InChI=1S/C29H46N10O7.C2HF3O2/c1-16(28(46)39-13-7-11-21(39)24(31)42)36-22(41)15-35-25(43)19(10-6-12-34-29(32)33)37-26(44)20(14-18-8-4-3-5-9-18)38-27(45)23(30)17(2)40;3-2(4,5)1(6)7/h3-5,8-9,16-17,19-21,23,40H,6-7,10-15,30H2,1-2H3,(H2,31,42)(H,35,43)(H,36,41)(H,37,44)(H,38,45)(H4,32,33,34);(H,6,7). The zero-order valence-electron chi connectivity index (χ0n) is 29.1. The molecule has 14 N–H and O–H groups in total. The van der Waals surface area contributed by atoms with Crippen LogP contribution in [0, 0.1) is 0 Å². The van der Waals surface area contributed by atoms with Gasteiger partial charge in [-0.2, -0.15) is 13.2 Å². The second-order valence-electron chi connectivity index (χ2n) is 11.9. The molecule has 6 amide bonds. The summed E-state index contributed by atoms with van der Waals surface area (Å²) in [6.07, 6.45) is -4.83. The second-order valence-corrected chi connectivity index (χ2v) is 11.9. The average molecular weight is 761 g/mol. The van der Waals surface area contributed by atoms with Gasteiger partial charge in [0.1, 0.15) is 30.2 Å². The lowest BCUT2D eigenvalue weighted by Crippen LogP contribution is -2.58. The molecule has 0 bridgehead atoms. The first-order valence-corrected chi connectivity index (χ1v) is 16.3. The Bertz CT molecular complexity index is 1460. The molecule has 1 aromatic carbocycles. The quantitative estimate of drug-likeness (QED) is 0.0424. The lowest BCUT2D eigenvalue weighted by atomic mass is 10.0. The number of guanidine groups is 1. The highest BCUT2D eigenvalue weighted by molar-refractivity contribution is 5.95. The molecule has 6 unspecified atom stereocenters. The highest BCUT2D eigenvalue weighted by Crippen LogP contribution is 2.18. The van der Waals surface area contributed by atoms with Gasteiger partial charge >= 0.3 is 12.1 Å². The van der Waals surface area contributed by atoms with Crippen molar-refractivity contribution in [2.24, 2.45) is 27.9 Å². The van der Waals surface area contributed by atoms with Crippen LogP contribution in [0.25, 0.3) is 0 Å². The van der Waals surface area contributed by atoms with Gasteiger partial charge in [0, 0.05) is 19.5 Å². The Balaban J connectivity index is 0.00000181. The van der Waals surface area contributed by atoms with E-state index in [1.807, 2.05) is 0 Å². The molecule has 0 radical (unpaired) electrons. The summed E-state index contributed by atoms with van der Waals surface area (Å²) in [6.45, 7) is 2.75. The number of carbonyl (C=O) groups excluding carboxylic acids is 6. The van der Waals surface area contributed by atoms with Crippen LogP contribution in [0.1, 0.15) is 45.1 Å². The summed E-state index contributed by atoms with van der Waals surface area (Å²) in [7, 11) is 0. The molecule has 0 saturated carbocycles. The molecule has 1 heterocycles. The number of hydrogen-bond acceptors (Lipinski definition) is 10. The van der Waals surface area contributed by atoms with Crippen molar-refractivity contribution in [2.45, 2.75) is 88.4 Å². The number of benzene rings is 1. The Morgan fingerprint density at radius 1 is 0.943 bits per heavy atom. The molecule has 19 nitrogen and oxygen atoms in total. The zero-order valence-corrected chi connectivity index (χ0v) is 29.1. The van der Waals surface area contributed by atoms with Gasteiger partial charge in [0.2, 0.25) is 35.4 Å². The number of aliphatic hydroxyl groups excluding tert-OH is 1. The van der Waals surface area contributed by atoms with Gasteiger partial charge in [-0.25, -0.2) is 4.79 Å². The Kier molecular flexibility index (Phi) is 18.7. The maximum absolute atomic E-state index is 13.5. The molecule has 6 atom stereocenters. The van der Waals surface area contributed by atoms with Crippen molar-refractivity contribution in [3.05, 3.63) is 35.9 Å². The monoisotopic (exact) mass is 760 g/mol. The molecule has 22 heteroatoms. The van der Waals surface area contributed by atoms with E-state index in [-0.39, 0.29) is 31.8 Å². The SMILES string of the molecule is CC(NC(=O)CNC(=O)C(CCCN=C(N)N)NC(=O)C(Cc1ccccc1)NC(=O)C(N)C(C)O)C(=O)N1CCCC1C(N)=O.O=C(O)C(F)(F)F. The first kappa shape index (κ1) is 45.5. The number of nitrogens with two attached hydrogens (primary N) is 4. The number of likely N-dealkylation sites (tertiary alicyclic amines) is 1. The van der Waals surface area contributed by atoms with Gasteiger partial charge in [-0.3, -0.25) is 33.8 Å². The number of carboxylic acids is 1. The first-order chi connectivity index (χ1) is 24.6. The molecule has 53 heavy (non-hydrogen) atoms. The second kappa shape index (κ2) is 21.8. The van der Waals surface area contributed by atoms with Crippen LogP contribution in [0.15, 0.2) is 35.3 Å². The largest absolute Gasteiger partial charge is 0.490 e. The summed E-state index contributed by atoms with van der Waals surface area (Å²) >= 11 is 0. The molecule has 1 fully saturated rings. The summed E-state index contributed by atoms with van der Waals surface area (Å²) in [5.41, 5.74) is 22.6. The maximum atomic E-state index is 13.5. The Morgan fingerprint density at radius 2 is 1.53 bits per heavy atom. The summed E-state index contributed by atoms with van der Waals surface area (Å²) in [4.78, 5) is 90.5. The van der Waals surface area contributed by atoms with Crippen molar-refractivity contribution < 1.29 is 56.9 Å². The normalized spacial score (nSPS) is 16.6. The molecule has 1 saturated heterocycles. The van der Waals surface area contributed by atoms with Gasteiger partial charge in [-0.15, -0.1) is 0 Å². The lowest BCUT2D eigenvalue weighted by molar-refractivity contribution is -0.192. The number of aliphatic imine (C=N–C) groups is 1. The minimum Gasteiger partial charge on any atom is -0.475 e. The molecule has 1 aliphatic rings. The van der Waals surface area contributed by atoms with Crippen LogP contribution >= 0.6 is 0 Å². The van der Waals surface area contributed by atoms with Crippen LogP contribution in [0.4, 0.5) is 13.2 Å². The van der Waals surface area contributed by atoms with E-state index in [4.69, 9.17) is 32.8 Å². The van der Waals surface area contributed by atoms with Crippen LogP contribution < -0.4 is 44.2 Å². The van der Waals surface area contributed by atoms with E-state index in [2.05, 4.69) is 26.3 Å². The summed E-state index contributed by atoms with van der Waals surface area (Å²) in [5, 5.41) is 27.0. The molecule has 1 aromatic rings. The number of aliphatic carboxylic acids is 1. The predicted molar refractivity (Wildman–Crippen MR) is 182 cm³/mol. The third-order valence-electron chi connectivity index (χ3n) is 7.59. The highest BCUT2D eigenvalue weighted by Gasteiger charge is 2.38. The van der Waals surface area contributed by atoms with E-state index in [1.165, 1.54) is 18.7 Å². The van der Waals surface area contributed by atoms with Crippen molar-refractivity contribution >= 4 is 47.4 Å². The van der Waals surface area contributed by atoms with Gasteiger partial charge in [-0.1, -0.05) is 30.3 Å². The molecule has 296 valence electrons. The lowest BCUT2D eigenvalue weighted by Gasteiger charge is -2.26. The molecule has 2 rings (SSSR count).